The number of para-hydroxylation sites is 1. The summed E-state index contributed by atoms with van der Waals surface area (Å²) in [5.41, 5.74) is 1.07. The van der Waals surface area contributed by atoms with Crippen LogP contribution >= 0.6 is 0 Å². The van der Waals surface area contributed by atoms with Crippen molar-refractivity contribution >= 4 is 17.9 Å². The van der Waals surface area contributed by atoms with Crippen LogP contribution in [0.25, 0.3) is 0 Å². The molecular weight excluding hydrogens is 226 g/mol. The fourth-order valence-electron chi connectivity index (χ4n) is 1.66. The van der Waals surface area contributed by atoms with Crippen LogP contribution in [-0.2, 0) is 0 Å². The van der Waals surface area contributed by atoms with Crippen molar-refractivity contribution in [2.75, 3.05) is 11.6 Å². The molecule has 0 radical (unpaired) electrons. The molecule has 0 N–H and O–H groups in total. The molecular formula is C13H11N5. The summed E-state index contributed by atoms with van der Waals surface area (Å²) in [6.07, 6.45) is 5.13. The minimum absolute atomic E-state index is 0.529. The molecule has 3 rings (SSSR count). The highest BCUT2D eigenvalue weighted by Crippen LogP contribution is 2.13. The summed E-state index contributed by atoms with van der Waals surface area (Å²) >= 11 is 0. The highest BCUT2D eigenvalue weighted by atomic mass is 15.3. The van der Waals surface area contributed by atoms with Gasteiger partial charge in [0.05, 0.1) is 6.34 Å². The Morgan fingerprint density at radius 2 is 1.72 bits per heavy atom. The van der Waals surface area contributed by atoms with E-state index in [1.807, 2.05) is 35.2 Å². The first-order valence-corrected chi connectivity index (χ1v) is 5.61. The van der Waals surface area contributed by atoms with Crippen molar-refractivity contribution < 1.29 is 0 Å². The van der Waals surface area contributed by atoms with Crippen LogP contribution in [0.15, 0.2) is 58.8 Å². The summed E-state index contributed by atoms with van der Waals surface area (Å²) in [5, 5.41) is 0. The zero-order chi connectivity index (χ0) is 12.2. The highest BCUT2D eigenvalue weighted by Gasteiger charge is 2.11. The van der Waals surface area contributed by atoms with Crippen molar-refractivity contribution in [3.8, 4) is 0 Å². The molecule has 5 nitrogen and oxygen atoms in total. The standard InChI is InChI=1S/C13H11N5/c1-2-5-11(6-3-1)18-9-16-13(17-10-18)12-14-7-4-8-15-12/h1-9H,10H2. The Labute approximate surface area is 105 Å². The SMILES string of the molecule is C1=NC(c2ncccn2)=NCN1c1ccccc1. The van der Waals surface area contributed by atoms with Crippen LogP contribution < -0.4 is 4.90 Å². The number of aliphatic imine (C=N–C) groups is 2. The Balaban J connectivity index is 1.79. The molecule has 1 aliphatic rings. The molecule has 0 unspecified atom stereocenters. The molecule has 5 heteroatoms. The van der Waals surface area contributed by atoms with Crippen molar-refractivity contribution in [3.05, 3.63) is 54.6 Å². The van der Waals surface area contributed by atoms with Gasteiger partial charge in [-0.1, -0.05) is 18.2 Å². The molecule has 88 valence electrons. The molecule has 0 aliphatic carbocycles. The number of benzene rings is 1. The molecule has 1 aromatic carbocycles. The van der Waals surface area contributed by atoms with Gasteiger partial charge in [-0.2, -0.15) is 0 Å². The lowest BCUT2D eigenvalue weighted by Gasteiger charge is -2.20. The monoisotopic (exact) mass is 237 g/mol. The molecule has 0 saturated heterocycles. The molecule has 2 aromatic rings. The predicted molar refractivity (Wildman–Crippen MR) is 70.8 cm³/mol. The second-order valence-electron chi connectivity index (χ2n) is 3.75. The van der Waals surface area contributed by atoms with Crippen molar-refractivity contribution in [3.63, 3.8) is 0 Å². The zero-order valence-electron chi connectivity index (χ0n) is 9.64. The van der Waals surface area contributed by atoms with Gasteiger partial charge in [-0.05, 0) is 18.2 Å². The van der Waals surface area contributed by atoms with Crippen molar-refractivity contribution in [2.24, 2.45) is 9.98 Å². The molecule has 0 saturated carbocycles. The number of anilines is 1. The summed E-state index contributed by atoms with van der Waals surface area (Å²) in [6.45, 7) is 0.529. The number of hydrogen-bond acceptors (Lipinski definition) is 5. The number of aromatic nitrogens is 2. The zero-order valence-corrected chi connectivity index (χ0v) is 9.64. The largest absolute Gasteiger partial charge is 0.312 e. The smallest absolute Gasteiger partial charge is 0.197 e. The number of nitrogens with zero attached hydrogens (tertiary/aromatic N) is 5. The minimum atomic E-state index is 0.529. The van der Waals surface area contributed by atoms with Gasteiger partial charge in [0.25, 0.3) is 0 Å². The minimum Gasteiger partial charge on any atom is -0.312 e. The van der Waals surface area contributed by atoms with E-state index in [0.717, 1.165) is 5.69 Å². The van der Waals surface area contributed by atoms with Gasteiger partial charge >= 0.3 is 0 Å². The summed E-state index contributed by atoms with van der Waals surface area (Å²) in [6, 6.07) is 11.8. The maximum absolute atomic E-state index is 4.38. The lowest BCUT2D eigenvalue weighted by atomic mass is 10.3. The van der Waals surface area contributed by atoms with E-state index in [9.17, 15) is 0 Å². The van der Waals surface area contributed by atoms with Gasteiger partial charge in [0, 0.05) is 18.1 Å². The fourth-order valence-corrected chi connectivity index (χ4v) is 1.66. The van der Waals surface area contributed by atoms with E-state index in [1.54, 1.807) is 24.8 Å². The summed E-state index contributed by atoms with van der Waals surface area (Å²) in [7, 11) is 0. The van der Waals surface area contributed by atoms with E-state index in [0.29, 0.717) is 18.3 Å². The molecule has 0 spiro atoms. The van der Waals surface area contributed by atoms with E-state index in [-0.39, 0.29) is 0 Å². The number of hydrogen-bond donors (Lipinski definition) is 0. The quantitative estimate of drug-likeness (QED) is 0.799. The Hall–Kier alpha value is -2.56. The van der Waals surface area contributed by atoms with Gasteiger partial charge in [-0.25, -0.2) is 20.0 Å². The van der Waals surface area contributed by atoms with Gasteiger partial charge in [0.1, 0.15) is 6.67 Å². The van der Waals surface area contributed by atoms with E-state index in [4.69, 9.17) is 0 Å². The van der Waals surface area contributed by atoms with Crippen LogP contribution in [0.2, 0.25) is 0 Å². The highest BCUT2D eigenvalue weighted by molar-refractivity contribution is 6.03. The van der Waals surface area contributed by atoms with Gasteiger partial charge in [0.15, 0.2) is 11.7 Å². The molecule has 0 fully saturated rings. The van der Waals surface area contributed by atoms with Crippen LogP contribution in [0.5, 0.6) is 0 Å². The van der Waals surface area contributed by atoms with Crippen molar-refractivity contribution in [1.82, 2.24) is 9.97 Å². The molecule has 18 heavy (non-hydrogen) atoms. The normalized spacial score (nSPS) is 14.4. The van der Waals surface area contributed by atoms with Gasteiger partial charge < -0.3 is 4.90 Å². The first kappa shape index (κ1) is 10.6. The maximum atomic E-state index is 4.38. The third kappa shape index (κ3) is 2.10. The molecule has 1 aromatic heterocycles. The van der Waals surface area contributed by atoms with E-state index >= 15 is 0 Å². The molecule has 1 aliphatic heterocycles. The second kappa shape index (κ2) is 4.75. The average molecular weight is 237 g/mol. The lowest BCUT2D eigenvalue weighted by Crippen LogP contribution is -2.27. The lowest BCUT2D eigenvalue weighted by molar-refractivity contribution is 0.987. The van der Waals surface area contributed by atoms with Crippen LogP contribution in [0, 0.1) is 0 Å². The molecule has 0 bridgehead atoms. The second-order valence-corrected chi connectivity index (χ2v) is 3.75. The van der Waals surface area contributed by atoms with Crippen molar-refractivity contribution in [2.45, 2.75) is 0 Å². The first-order valence-electron chi connectivity index (χ1n) is 5.61. The van der Waals surface area contributed by atoms with Crippen LogP contribution in [0.4, 0.5) is 5.69 Å². The molecule has 0 atom stereocenters. The van der Waals surface area contributed by atoms with E-state index in [2.05, 4.69) is 20.0 Å². The Bertz CT molecular complexity index is 577. The van der Waals surface area contributed by atoms with Gasteiger partial charge in [-0.3, -0.25) is 0 Å². The van der Waals surface area contributed by atoms with Gasteiger partial charge in [-0.15, -0.1) is 0 Å². The molecule has 2 heterocycles. The molecule has 0 amide bonds. The maximum Gasteiger partial charge on any atom is 0.197 e. The van der Waals surface area contributed by atoms with Gasteiger partial charge in [0.2, 0.25) is 0 Å². The van der Waals surface area contributed by atoms with E-state index < -0.39 is 0 Å². The Morgan fingerprint density at radius 3 is 2.39 bits per heavy atom. The van der Waals surface area contributed by atoms with Crippen molar-refractivity contribution in [1.29, 1.82) is 0 Å². The number of rotatable bonds is 2. The first-order chi connectivity index (χ1) is 8.93. The summed E-state index contributed by atoms with van der Waals surface area (Å²) in [5.74, 6) is 1.13. The summed E-state index contributed by atoms with van der Waals surface area (Å²) < 4.78 is 0. The fraction of sp³-hybridized carbons (Fsp3) is 0.0769. The topological polar surface area (TPSA) is 53.7 Å². The van der Waals surface area contributed by atoms with Crippen LogP contribution in [-0.4, -0.2) is 28.8 Å². The summed E-state index contributed by atoms with van der Waals surface area (Å²) in [4.78, 5) is 18.9. The Morgan fingerprint density at radius 1 is 0.944 bits per heavy atom. The Kier molecular flexibility index (Phi) is 2.79. The van der Waals surface area contributed by atoms with Crippen LogP contribution in [0.3, 0.4) is 0 Å². The van der Waals surface area contributed by atoms with Crippen LogP contribution in [0.1, 0.15) is 5.82 Å². The number of amidine groups is 1. The van der Waals surface area contributed by atoms with E-state index in [1.165, 1.54) is 0 Å². The third-order valence-corrected chi connectivity index (χ3v) is 2.55. The predicted octanol–water partition coefficient (Wildman–Crippen LogP) is 1.73. The average Bonchev–Trinajstić information content (AvgIpc) is 2.49. The third-order valence-electron chi connectivity index (χ3n) is 2.55.